The first-order valence-corrected chi connectivity index (χ1v) is 6.71. The van der Waals surface area contributed by atoms with E-state index in [0.29, 0.717) is 5.76 Å². The fraction of sp³-hybridized carbons (Fsp3) is 0.294. The molecular weight excluding hydrogens is 250 g/mol. The number of hydrogen-bond donors (Lipinski definition) is 0. The molecule has 0 radical (unpaired) electrons. The maximum Gasteiger partial charge on any atom is 0.176 e. The maximum absolute atomic E-state index is 12.0. The average Bonchev–Trinajstić information content (AvgIpc) is 2.84. The molecule has 1 aromatic heterocycles. The number of hydrogen-bond acceptors (Lipinski definition) is 3. The summed E-state index contributed by atoms with van der Waals surface area (Å²) in [4.78, 5) is 12.0. The second kappa shape index (κ2) is 5.75. The predicted molar refractivity (Wildman–Crippen MR) is 79.0 cm³/mol. The van der Waals surface area contributed by atoms with E-state index in [2.05, 4.69) is 0 Å². The third kappa shape index (κ3) is 2.80. The van der Waals surface area contributed by atoms with Crippen LogP contribution in [0.5, 0.6) is 0 Å². The van der Waals surface area contributed by atoms with Gasteiger partial charge in [0, 0.05) is 17.4 Å². The number of carbonyl (C=O) groups excluding carboxylic acids is 1. The van der Waals surface area contributed by atoms with Crippen molar-refractivity contribution in [3.8, 4) is 6.07 Å². The highest BCUT2D eigenvalue weighted by atomic mass is 16.3. The summed E-state index contributed by atoms with van der Waals surface area (Å²) >= 11 is 0. The lowest BCUT2D eigenvalue weighted by atomic mass is 9.97. The number of aryl methyl sites for hydroxylation is 1. The minimum Gasteiger partial charge on any atom is -0.457 e. The van der Waals surface area contributed by atoms with Crippen molar-refractivity contribution in [1.29, 1.82) is 5.26 Å². The second-order valence-corrected chi connectivity index (χ2v) is 5.03. The summed E-state index contributed by atoms with van der Waals surface area (Å²) in [6.45, 7) is 5.77. The lowest BCUT2D eigenvalue weighted by Gasteiger charge is -2.04. The second-order valence-electron chi connectivity index (χ2n) is 5.03. The quantitative estimate of drug-likeness (QED) is 0.614. The molecule has 0 aliphatic heterocycles. The monoisotopic (exact) mass is 267 g/mol. The van der Waals surface area contributed by atoms with Crippen LogP contribution in [0.4, 0.5) is 0 Å². The van der Waals surface area contributed by atoms with E-state index < -0.39 is 0 Å². The highest BCUT2D eigenvalue weighted by Gasteiger charge is 2.16. The molecule has 0 fully saturated rings. The van der Waals surface area contributed by atoms with Crippen LogP contribution in [0.25, 0.3) is 17.0 Å². The van der Waals surface area contributed by atoms with Crippen molar-refractivity contribution >= 4 is 22.8 Å². The highest BCUT2D eigenvalue weighted by molar-refractivity contribution is 6.04. The van der Waals surface area contributed by atoms with Crippen LogP contribution in [0, 0.1) is 24.2 Å². The van der Waals surface area contributed by atoms with Gasteiger partial charge in [0.2, 0.25) is 0 Å². The topological polar surface area (TPSA) is 54.0 Å². The molecule has 2 rings (SSSR count). The van der Waals surface area contributed by atoms with Gasteiger partial charge < -0.3 is 4.42 Å². The molecule has 0 aliphatic carbocycles. The zero-order valence-corrected chi connectivity index (χ0v) is 11.9. The first kappa shape index (κ1) is 14.1. The van der Waals surface area contributed by atoms with Crippen LogP contribution in [0.2, 0.25) is 0 Å². The summed E-state index contributed by atoms with van der Waals surface area (Å²) in [6, 6.07) is 9.70. The Labute approximate surface area is 118 Å². The molecule has 0 N–H and O–H groups in total. The molecule has 3 heteroatoms. The van der Waals surface area contributed by atoms with Crippen LogP contribution in [-0.2, 0) is 4.79 Å². The van der Waals surface area contributed by atoms with E-state index in [1.54, 1.807) is 0 Å². The van der Waals surface area contributed by atoms with Gasteiger partial charge in [-0.05, 0) is 31.5 Å². The van der Waals surface area contributed by atoms with Crippen LogP contribution >= 0.6 is 0 Å². The minimum atomic E-state index is -0.146. The van der Waals surface area contributed by atoms with Gasteiger partial charge in [0.1, 0.15) is 17.4 Å². The van der Waals surface area contributed by atoms with E-state index in [9.17, 15) is 4.79 Å². The Bertz CT molecular complexity index is 716. The number of rotatable bonds is 4. The Morgan fingerprint density at radius 1 is 1.45 bits per heavy atom. The Morgan fingerprint density at radius 2 is 2.20 bits per heavy atom. The number of allylic oxidation sites excluding steroid dienone is 1. The fourth-order valence-electron chi connectivity index (χ4n) is 2.01. The van der Waals surface area contributed by atoms with Gasteiger partial charge in [0.05, 0.1) is 5.57 Å². The van der Waals surface area contributed by atoms with Gasteiger partial charge in [-0.3, -0.25) is 4.79 Å². The van der Waals surface area contributed by atoms with Gasteiger partial charge >= 0.3 is 0 Å². The SMILES string of the molecule is CCC(C)C(=O)/C(C#N)=C\c1cc2cc(C)ccc2o1. The minimum absolute atomic E-state index is 0.133. The van der Waals surface area contributed by atoms with E-state index in [-0.39, 0.29) is 17.3 Å². The van der Waals surface area contributed by atoms with Crippen molar-refractivity contribution < 1.29 is 9.21 Å². The van der Waals surface area contributed by atoms with Crippen molar-refractivity contribution in [2.45, 2.75) is 27.2 Å². The van der Waals surface area contributed by atoms with Gasteiger partial charge in [0.15, 0.2) is 5.78 Å². The Morgan fingerprint density at radius 3 is 2.85 bits per heavy atom. The maximum atomic E-state index is 12.0. The fourth-order valence-corrected chi connectivity index (χ4v) is 2.01. The molecule has 1 aromatic carbocycles. The van der Waals surface area contributed by atoms with E-state index in [4.69, 9.17) is 9.68 Å². The summed E-state index contributed by atoms with van der Waals surface area (Å²) in [5.74, 6) is 0.262. The molecule has 1 heterocycles. The number of nitriles is 1. The molecule has 0 spiro atoms. The molecule has 1 atom stereocenters. The molecule has 0 bridgehead atoms. The van der Waals surface area contributed by atoms with Crippen molar-refractivity contribution in [3.63, 3.8) is 0 Å². The summed E-state index contributed by atoms with van der Waals surface area (Å²) in [6.07, 6.45) is 2.25. The highest BCUT2D eigenvalue weighted by Crippen LogP contribution is 2.23. The van der Waals surface area contributed by atoms with E-state index in [0.717, 1.165) is 23.0 Å². The van der Waals surface area contributed by atoms with E-state index >= 15 is 0 Å². The standard InChI is InChI=1S/C17H17NO2/c1-4-12(3)17(19)14(10-18)9-15-8-13-7-11(2)5-6-16(13)20-15/h5-9,12H,4H2,1-3H3/b14-9-. The lowest BCUT2D eigenvalue weighted by Crippen LogP contribution is -2.11. The number of benzene rings is 1. The van der Waals surface area contributed by atoms with Gasteiger partial charge in [-0.25, -0.2) is 0 Å². The molecule has 3 nitrogen and oxygen atoms in total. The predicted octanol–water partition coefficient (Wildman–Crippen LogP) is 4.26. The first-order chi connectivity index (χ1) is 9.55. The van der Waals surface area contributed by atoms with Crippen LogP contribution in [0.15, 0.2) is 34.3 Å². The average molecular weight is 267 g/mol. The van der Waals surface area contributed by atoms with Crippen LogP contribution in [-0.4, -0.2) is 5.78 Å². The lowest BCUT2D eigenvalue weighted by molar-refractivity contribution is -0.118. The van der Waals surface area contributed by atoms with Crippen molar-refractivity contribution in [1.82, 2.24) is 0 Å². The van der Waals surface area contributed by atoms with Crippen molar-refractivity contribution in [2.75, 3.05) is 0 Å². The van der Waals surface area contributed by atoms with Crippen LogP contribution in [0.1, 0.15) is 31.6 Å². The molecule has 0 amide bonds. The zero-order chi connectivity index (χ0) is 14.7. The Hall–Kier alpha value is -2.34. The molecule has 102 valence electrons. The number of Topliss-reactive ketones (excluding diaryl/α,β-unsaturated/α-hetero) is 1. The summed E-state index contributed by atoms with van der Waals surface area (Å²) in [5.41, 5.74) is 2.05. The Balaban J connectivity index is 2.40. The number of carbonyl (C=O) groups is 1. The third-order valence-electron chi connectivity index (χ3n) is 3.42. The molecule has 0 saturated carbocycles. The van der Waals surface area contributed by atoms with Gasteiger partial charge in [0.25, 0.3) is 0 Å². The number of furan rings is 1. The molecule has 0 saturated heterocycles. The smallest absolute Gasteiger partial charge is 0.176 e. The zero-order valence-electron chi connectivity index (χ0n) is 11.9. The number of nitrogens with zero attached hydrogens (tertiary/aromatic N) is 1. The summed E-state index contributed by atoms with van der Waals surface area (Å²) in [7, 11) is 0. The number of ketones is 1. The Kier molecular flexibility index (Phi) is 4.05. The van der Waals surface area contributed by atoms with Crippen molar-refractivity contribution in [2.24, 2.45) is 5.92 Å². The molecule has 1 unspecified atom stereocenters. The molecule has 20 heavy (non-hydrogen) atoms. The van der Waals surface area contributed by atoms with E-state index in [1.807, 2.05) is 51.1 Å². The third-order valence-corrected chi connectivity index (χ3v) is 3.42. The van der Waals surface area contributed by atoms with Crippen molar-refractivity contribution in [3.05, 3.63) is 41.2 Å². The van der Waals surface area contributed by atoms with Crippen LogP contribution < -0.4 is 0 Å². The van der Waals surface area contributed by atoms with Gasteiger partial charge in [-0.2, -0.15) is 5.26 Å². The largest absolute Gasteiger partial charge is 0.457 e. The summed E-state index contributed by atoms with van der Waals surface area (Å²) in [5, 5.41) is 10.1. The summed E-state index contributed by atoms with van der Waals surface area (Å²) < 4.78 is 5.64. The normalized spacial score (nSPS) is 13.2. The first-order valence-electron chi connectivity index (χ1n) is 6.71. The number of fused-ring (bicyclic) bond motifs is 1. The van der Waals surface area contributed by atoms with Gasteiger partial charge in [-0.15, -0.1) is 0 Å². The molecule has 0 aliphatic rings. The van der Waals surface area contributed by atoms with Crippen LogP contribution in [0.3, 0.4) is 0 Å². The molecular formula is C17H17NO2. The molecule has 2 aromatic rings. The van der Waals surface area contributed by atoms with Gasteiger partial charge in [-0.1, -0.05) is 25.5 Å². The van der Waals surface area contributed by atoms with E-state index in [1.165, 1.54) is 6.08 Å².